The number of hydrogen-bond donors (Lipinski definition) is 2. The molecule has 1 fully saturated rings. The van der Waals surface area contributed by atoms with E-state index in [0.717, 1.165) is 48.3 Å². The molecule has 4 aromatic rings. The van der Waals surface area contributed by atoms with Crippen LogP contribution in [-0.2, 0) is 6.54 Å². The molecular weight excluding hydrogens is 432 g/mol. The third-order valence-electron chi connectivity index (χ3n) is 6.28. The number of aromatic amines is 1. The predicted molar refractivity (Wildman–Crippen MR) is 130 cm³/mol. The van der Waals surface area contributed by atoms with E-state index in [-0.39, 0.29) is 23.0 Å². The molecule has 34 heavy (non-hydrogen) atoms. The van der Waals surface area contributed by atoms with Crippen LogP contribution >= 0.6 is 0 Å². The van der Waals surface area contributed by atoms with E-state index >= 15 is 0 Å². The lowest BCUT2D eigenvalue weighted by Gasteiger charge is -2.32. The van der Waals surface area contributed by atoms with Crippen LogP contribution in [0.3, 0.4) is 0 Å². The first-order valence-corrected chi connectivity index (χ1v) is 11.4. The summed E-state index contributed by atoms with van der Waals surface area (Å²) in [7, 11) is 0. The molecule has 0 atom stereocenters. The Bertz CT molecular complexity index is 1430. The van der Waals surface area contributed by atoms with Gasteiger partial charge in [-0.15, -0.1) is 0 Å². The third-order valence-corrected chi connectivity index (χ3v) is 6.28. The van der Waals surface area contributed by atoms with Gasteiger partial charge in [-0.1, -0.05) is 12.1 Å². The molecule has 0 unspecified atom stereocenters. The van der Waals surface area contributed by atoms with Crippen molar-refractivity contribution >= 4 is 10.9 Å². The number of hydrogen-bond acceptors (Lipinski definition) is 6. The summed E-state index contributed by atoms with van der Waals surface area (Å²) in [6.45, 7) is 4.02. The van der Waals surface area contributed by atoms with Crippen molar-refractivity contribution in [3.05, 3.63) is 92.9 Å². The molecule has 0 spiro atoms. The number of fused-ring (bicyclic) bond motifs is 1. The molecule has 0 amide bonds. The highest BCUT2D eigenvalue weighted by Gasteiger charge is 2.22. The van der Waals surface area contributed by atoms with Crippen molar-refractivity contribution in [1.82, 2.24) is 19.4 Å². The number of benzene rings is 2. The number of likely N-dealkylation sites (tertiary alicyclic amines) is 1. The van der Waals surface area contributed by atoms with Crippen molar-refractivity contribution < 1.29 is 9.84 Å². The standard InChI is InChI=1S/C26H26N4O4/c1-17-15-30(26(33)28-25(17)32)19-10-12-29(13-11-19)16-18-14-24(22-4-2-3-5-23(22)27-18)34-21-8-6-20(31)7-9-21/h2-9,14-15,19,31H,10-13,16H2,1H3,(H,28,32,33). The van der Waals surface area contributed by atoms with Gasteiger partial charge in [0.05, 0.1) is 11.2 Å². The van der Waals surface area contributed by atoms with E-state index in [1.165, 1.54) is 0 Å². The maximum atomic E-state index is 12.3. The molecule has 2 N–H and O–H groups in total. The van der Waals surface area contributed by atoms with Gasteiger partial charge in [0, 0.05) is 48.9 Å². The van der Waals surface area contributed by atoms with Crippen molar-refractivity contribution in [1.29, 1.82) is 0 Å². The SMILES string of the molecule is Cc1cn(C2CCN(Cc3cc(Oc4ccc(O)cc4)c4ccccc4n3)CC2)c(=O)[nH]c1=O. The van der Waals surface area contributed by atoms with Crippen molar-refractivity contribution in [3.63, 3.8) is 0 Å². The number of H-pyrrole nitrogens is 1. The van der Waals surface area contributed by atoms with Gasteiger partial charge in [0.15, 0.2) is 0 Å². The van der Waals surface area contributed by atoms with Gasteiger partial charge in [0.2, 0.25) is 0 Å². The zero-order chi connectivity index (χ0) is 23.7. The maximum Gasteiger partial charge on any atom is 0.328 e. The van der Waals surface area contributed by atoms with Gasteiger partial charge >= 0.3 is 5.69 Å². The molecule has 3 heterocycles. The molecular formula is C26H26N4O4. The van der Waals surface area contributed by atoms with Crippen LogP contribution in [0.25, 0.3) is 10.9 Å². The minimum absolute atomic E-state index is 0.0669. The molecule has 0 radical (unpaired) electrons. The molecule has 0 bridgehead atoms. The number of phenolic OH excluding ortho intramolecular Hbond substituents is 1. The quantitative estimate of drug-likeness (QED) is 0.473. The summed E-state index contributed by atoms with van der Waals surface area (Å²) < 4.78 is 7.81. The third kappa shape index (κ3) is 4.58. The summed E-state index contributed by atoms with van der Waals surface area (Å²) in [5.41, 5.74) is 1.64. The number of aryl methyl sites for hydroxylation is 1. The van der Waals surface area contributed by atoms with Crippen LogP contribution in [0.2, 0.25) is 0 Å². The highest BCUT2D eigenvalue weighted by molar-refractivity contribution is 5.85. The zero-order valence-corrected chi connectivity index (χ0v) is 18.9. The van der Waals surface area contributed by atoms with Crippen LogP contribution < -0.4 is 16.0 Å². The number of rotatable bonds is 5. The fourth-order valence-electron chi connectivity index (χ4n) is 4.44. The van der Waals surface area contributed by atoms with Gasteiger partial charge in [0.25, 0.3) is 5.56 Å². The first-order valence-electron chi connectivity index (χ1n) is 11.4. The van der Waals surface area contributed by atoms with Crippen LogP contribution in [0.4, 0.5) is 0 Å². The number of para-hydroxylation sites is 1. The molecule has 1 saturated heterocycles. The summed E-state index contributed by atoms with van der Waals surface area (Å²) >= 11 is 0. The van der Waals surface area contributed by atoms with Gasteiger partial charge in [0.1, 0.15) is 17.2 Å². The fraction of sp³-hybridized carbons (Fsp3) is 0.269. The fourth-order valence-corrected chi connectivity index (χ4v) is 4.44. The van der Waals surface area contributed by atoms with Crippen LogP contribution in [0.5, 0.6) is 17.2 Å². The first-order chi connectivity index (χ1) is 16.5. The van der Waals surface area contributed by atoms with Crippen LogP contribution in [0, 0.1) is 6.92 Å². The molecule has 2 aromatic carbocycles. The number of piperidine rings is 1. The van der Waals surface area contributed by atoms with E-state index < -0.39 is 0 Å². The topological polar surface area (TPSA) is 100 Å². The minimum Gasteiger partial charge on any atom is -0.508 e. The van der Waals surface area contributed by atoms with Crippen molar-refractivity contribution in [3.8, 4) is 17.2 Å². The lowest BCUT2D eigenvalue weighted by Crippen LogP contribution is -2.39. The highest BCUT2D eigenvalue weighted by Crippen LogP contribution is 2.31. The van der Waals surface area contributed by atoms with Gasteiger partial charge in [-0.2, -0.15) is 0 Å². The van der Waals surface area contributed by atoms with E-state index in [9.17, 15) is 14.7 Å². The molecule has 8 nitrogen and oxygen atoms in total. The Kier molecular flexibility index (Phi) is 5.90. The number of aromatic hydroxyl groups is 1. The molecule has 0 aliphatic carbocycles. The predicted octanol–water partition coefficient (Wildman–Crippen LogP) is 3.73. The number of aromatic nitrogens is 3. The van der Waals surface area contributed by atoms with Crippen molar-refractivity contribution in [2.24, 2.45) is 0 Å². The molecule has 5 rings (SSSR count). The van der Waals surface area contributed by atoms with Gasteiger partial charge in [-0.05, 0) is 56.2 Å². The summed E-state index contributed by atoms with van der Waals surface area (Å²) in [6, 6.07) is 16.6. The lowest BCUT2D eigenvalue weighted by molar-refractivity contribution is 0.175. The average Bonchev–Trinajstić information content (AvgIpc) is 2.83. The lowest BCUT2D eigenvalue weighted by atomic mass is 10.0. The molecule has 8 heteroatoms. The van der Waals surface area contributed by atoms with Gasteiger partial charge in [-0.3, -0.25) is 24.2 Å². The van der Waals surface area contributed by atoms with Gasteiger partial charge in [-0.25, -0.2) is 4.79 Å². The average molecular weight is 459 g/mol. The van der Waals surface area contributed by atoms with E-state index in [2.05, 4.69) is 9.88 Å². The number of nitrogens with zero attached hydrogens (tertiary/aromatic N) is 3. The molecule has 1 aliphatic rings. The Morgan fingerprint density at radius 2 is 1.82 bits per heavy atom. The van der Waals surface area contributed by atoms with E-state index in [0.29, 0.717) is 17.9 Å². The normalized spacial score (nSPS) is 15.0. The Morgan fingerprint density at radius 3 is 2.59 bits per heavy atom. The Morgan fingerprint density at radius 1 is 1.09 bits per heavy atom. The van der Waals surface area contributed by atoms with Crippen molar-refractivity contribution in [2.45, 2.75) is 32.4 Å². The van der Waals surface area contributed by atoms with E-state index in [1.54, 1.807) is 42.0 Å². The molecule has 0 saturated carbocycles. The number of nitrogens with one attached hydrogen (secondary N) is 1. The summed E-state index contributed by atoms with van der Waals surface area (Å²) in [6.07, 6.45) is 3.30. The smallest absolute Gasteiger partial charge is 0.328 e. The Labute approximate surface area is 196 Å². The monoisotopic (exact) mass is 458 g/mol. The van der Waals surface area contributed by atoms with Crippen molar-refractivity contribution in [2.75, 3.05) is 13.1 Å². The Hall–Kier alpha value is -3.91. The summed E-state index contributed by atoms with van der Waals surface area (Å²) in [4.78, 5) is 33.5. The van der Waals surface area contributed by atoms with E-state index in [1.807, 2.05) is 30.3 Å². The number of ether oxygens (including phenoxy) is 1. The van der Waals surface area contributed by atoms with E-state index in [4.69, 9.17) is 9.72 Å². The Balaban J connectivity index is 1.33. The number of phenols is 1. The largest absolute Gasteiger partial charge is 0.508 e. The summed E-state index contributed by atoms with van der Waals surface area (Å²) in [5.74, 6) is 1.55. The van der Waals surface area contributed by atoms with Crippen LogP contribution in [0.1, 0.15) is 30.1 Å². The first kappa shape index (κ1) is 21.9. The second-order valence-corrected chi connectivity index (χ2v) is 8.71. The second-order valence-electron chi connectivity index (χ2n) is 8.71. The van der Waals surface area contributed by atoms with Crippen LogP contribution in [0.15, 0.2) is 70.4 Å². The zero-order valence-electron chi connectivity index (χ0n) is 18.9. The highest BCUT2D eigenvalue weighted by atomic mass is 16.5. The molecule has 1 aliphatic heterocycles. The molecule has 174 valence electrons. The number of pyridine rings is 1. The maximum absolute atomic E-state index is 12.3. The van der Waals surface area contributed by atoms with Crippen LogP contribution in [-0.4, -0.2) is 37.6 Å². The second kappa shape index (κ2) is 9.15. The minimum atomic E-state index is -0.346. The molecule has 2 aromatic heterocycles. The summed E-state index contributed by atoms with van der Waals surface area (Å²) in [5, 5.41) is 10.5. The van der Waals surface area contributed by atoms with Gasteiger partial charge < -0.3 is 9.84 Å².